The summed E-state index contributed by atoms with van der Waals surface area (Å²) in [4.78, 5) is 0. The summed E-state index contributed by atoms with van der Waals surface area (Å²) in [6.07, 6.45) is 1.02. The largest absolute Gasteiger partial charge is 0.380 e. The summed E-state index contributed by atoms with van der Waals surface area (Å²) in [5, 5.41) is 0. The van der Waals surface area contributed by atoms with Gasteiger partial charge in [0, 0.05) is 7.11 Å². The van der Waals surface area contributed by atoms with Crippen LogP contribution in [0.1, 0.15) is 13.3 Å². The Morgan fingerprint density at radius 1 is 1.71 bits per heavy atom. The fourth-order valence-corrected chi connectivity index (χ4v) is 0.306. The molecule has 0 aromatic rings. The molecule has 0 aliphatic rings. The monoisotopic (exact) mass is 100 g/mol. The van der Waals surface area contributed by atoms with Gasteiger partial charge in [0.1, 0.15) is 0 Å². The van der Waals surface area contributed by atoms with Crippen LogP contribution in [0.3, 0.4) is 0 Å². The fourth-order valence-electron chi connectivity index (χ4n) is 0.306. The molecule has 0 aliphatic heterocycles. The molecule has 0 saturated heterocycles. The Morgan fingerprint density at radius 3 is 2.43 bits per heavy atom. The zero-order valence-corrected chi connectivity index (χ0v) is 5.03. The van der Waals surface area contributed by atoms with E-state index in [0.717, 1.165) is 12.0 Å². The van der Waals surface area contributed by atoms with Crippen LogP contribution >= 0.6 is 0 Å². The van der Waals surface area contributed by atoms with Gasteiger partial charge in [0.05, 0.1) is 6.61 Å². The van der Waals surface area contributed by atoms with Gasteiger partial charge in [-0.15, -0.1) is 0 Å². The molecule has 0 radical (unpaired) electrons. The summed E-state index contributed by atoms with van der Waals surface area (Å²) in [6, 6.07) is 0. The Hall–Kier alpha value is -0.300. The van der Waals surface area contributed by atoms with Crippen molar-refractivity contribution in [3.05, 3.63) is 12.2 Å². The van der Waals surface area contributed by atoms with Crippen molar-refractivity contribution in [2.24, 2.45) is 0 Å². The molecular weight excluding hydrogens is 88.1 g/mol. The molecule has 0 aromatic carbocycles. The standard InChI is InChI=1S/C6H12O/c1-4-6(2)5-7-3/h2,4-5H2,1,3H3. The highest BCUT2D eigenvalue weighted by Crippen LogP contribution is 1.93. The molecule has 0 bridgehead atoms. The van der Waals surface area contributed by atoms with Crippen LogP contribution in [-0.4, -0.2) is 13.7 Å². The summed E-state index contributed by atoms with van der Waals surface area (Å²) in [5.41, 5.74) is 1.16. The first-order valence-corrected chi connectivity index (χ1v) is 2.46. The zero-order valence-electron chi connectivity index (χ0n) is 5.03. The maximum absolute atomic E-state index is 4.79. The van der Waals surface area contributed by atoms with Crippen LogP contribution in [0.4, 0.5) is 0 Å². The van der Waals surface area contributed by atoms with E-state index in [4.69, 9.17) is 4.74 Å². The van der Waals surface area contributed by atoms with Crippen LogP contribution in [-0.2, 0) is 4.74 Å². The van der Waals surface area contributed by atoms with Crippen molar-refractivity contribution in [1.29, 1.82) is 0 Å². The van der Waals surface area contributed by atoms with Crippen molar-refractivity contribution in [3.63, 3.8) is 0 Å². The lowest BCUT2D eigenvalue weighted by Crippen LogP contribution is -1.89. The van der Waals surface area contributed by atoms with E-state index in [1.54, 1.807) is 7.11 Å². The molecule has 0 unspecified atom stereocenters. The Balaban J connectivity index is 3.00. The third-order valence-electron chi connectivity index (χ3n) is 0.848. The van der Waals surface area contributed by atoms with E-state index in [1.807, 2.05) is 0 Å². The predicted molar refractivity (Wildman–Crippen MR) is 31.3 cm³/mol. The van der Waals surface area contributed by atoms with Gasteiger partial charge in [0.2, 0.25) is 0 Å². The highest BCUT2D eigenvalue weighted by molar-refractivity contribution is 4.91. The van der Waals surface area contributed by atoms with E-state index in [0.29, 0.717) is 6.61 Å². The van der Waals surface area contributed by atoms with Crippen molar-refractivity contribution < 1.29 is 4.74 Å². The molecule has 0 saturated carbocycles. The SMILES string of the molecule is C=C(CC)COC. The van der Waals surface area contributed by atoms with E-state index in [2.05, 4.69) is 13.5 Å². The van der Waals surface area contributed by atoms with Crippen LogP contribution in [0.25, 0.3) is 0 Å². The molecule has 0 aromatic heterocycles. The first-order valence-electron chi connectivity index (χ1n) is 2.46. The predicted octanol–water partition coefficient (Wildman–Crippen LogP) is 1.60. The second-order valence-electron chi connectivity index (χ2n) is 1.54. The van der Waals surface area contributed by atoms with E-state index in [1.165, 1.54) is 0 Å². The van der Waals surface area contributed by atoms with Crippen molar-refractivity contribution in [2.75, 3.05) is 13.7 Å². The Kier molecular flexibility index (Phi) is 3.71. The average Bonchev–Trinajstić information content (AvgIpc) is 1.68. The molecule has 0 amide bonds. The normalized spacial score (nSPS) is 8.86. The van der Waals surface area contributed by atoms with Crippen molar-refractivity contribution in [1.82, 2.24) is 0 Å². The lowest BCUT2D eigenvalue weighted by atomic mass is 10.3. The minimum atomic E-state index is 0.705. The summed E-state index contributed by atoms with van der Waals surface area (Å²) in [7, 11) is 1.68. The molecule has 7 heavy (non-hydrogen) atoms. The summed E-state index contributed by atoms with van der Waals surface area (Å²) in [5.74, 6) is 0. The number of hydrogen-bond donors (Lipinski definition) is 0. The average molecular weight is 100 g/mol. The van der Waals surface area contributed by atoms with Gasteiger partial charge >= 0.3 is 0 Å². The summed E-state index contributed by atoms with van der Waals surface area (Å²) >= 11 is 0. The van der Waals surface area contributed by atoms with Crippen LogP contribution < -0.4 is 0 Å². The van der Waals surface area contributed by atoms with E-state index in [-0.39, 0.29) is 0 Å². The smallest absolute Gasteiger partial charge is 0.0670 e. The van der Waals surface area contributed by atoms with E-state index < -0.39 is 0 Å². The number of methoxy groups -OCH3 is 1. The number of ether oxygens (including phenoxy) is 1. The van der Waals surface area contributed by atoms with Gasteiger partial charge in [0.25, 0.3) is 0 Å². The van der Waals surface area contributed by atoms with E-state index in [9.17, 15) is 0 Å². The summed E-state index contributed by atoms with van der Waals surface area (Å²) in [6.45, 7) is 6.51. The van der Waals surface area contributed by atoms with Crippen LogP contribution in [0.15, 0.2) is 12.2 Å². The van der Waals surface area contributed by atoms with Gasteiger partial charge < -0.3 is 4.74 Å². The third kappa shape index (κ3) is 3.53. The van der Waals surface area contributed by atoms with Gasteiger partial charge in [-0.1, -0.05) is 19.1 Å². The maximum Gasteiger partial charge on any atom is 0.0670 e. The second kappa shape index (κ2) is 3.88. The molecule has 0 spiro atoms. The first-order chi connectivity index (χ1) is 3.31. The molecule has 0 heterocycles. The molecule has 0 rings (SSSR count). The Labute approximate surface area is 45.0 Å². The summed E-state index contributed by atoms with van der Waals surface area (Å²) < 4.78 is 4.79. The third-order valence-corrected chi connectivity index (χ3v) is 0.848. The molecule has 0 fully saturated rings. The van der Waals surface area contributed by atoms with Crippen LogP contribution in [0.5, 0.6) is 0 Å². The maximum atomic E-state index is 4.79. The highest BCUT2D eigenvalue weighted by atomic mass is 16.5. The lowest BCUT2D eigenvalue weighted by molar-refractivity contribution is 0.224. The fraction of sp³-hybridized carbons (Fsp3) is 0.667. The quantitative estimate of drug-likeness (QED) is 0.489. The Morgan fingerprint density at radius 2 is 2.29 bits per heavy atom. The van der Waals surface area contributed by atoms with Crippen molar-refractivity contribution in [2.45, 2.75) is 13.3 Å². The van der Waals surface area contributed by atoms with Gasteiger partial charge in [0.15, 0.2) is 0 Å². The molecule has 42 valence electrons. The van der Waals surface area contributed by atoms with E-state index >= 15 is 0 Å². The van der Waals surface area contributed by atoms with Gasteiger partial charge in [-0.25, -0.2) is 0 Å². The van der Waals surface area contributed by atoms with Crippen LogP contribution in [0.2, 0.25) is 0 Å². The topological polar surface area (TPSA) is 9.23 Å². The van der Waals surface area contributed by atoms with Crippen molar-refractivity contribution >= 4 is 0 Å². The van der Waals surface area contributed by atoms with Gasteiger partial charge in [-0.3, -0.25) is 0 Å². The molecule has 0 aliphatic carbocycles. The minimum absolute atomic E-state index is 0.705. The molecule has 0 N–H and O–H groups in total. The molecular formula is C6H12O. The zero-order chi connectivity index (χ0) is 5.70. The second-order valence-corrected chi connectivity index (χ2v) is 1.54. The molecule has 1 nitrogen and oxygen atoms in total. The number of hydrogen-bond acceptors (Lipinski definition) is 1. The minimum Gasteiger partial charge on any atom is -0.380 e. The first kappa shape index (κ1) is 6.70. The Bertz CT molecular complexity index is 57.2. The van der Waals surface area contributed by atoms with Crippen LogP contribution in [0, 0.1) is 0 Å². The molecule has 0 atom stereocenters. The lowest BCUT2D eigenvalue weighted by Gasteiger charge is -1.95. The highest BCUT2D eigenvalue weighted by Gasteiger charge is 1.83. The number of rotatable bonds is 3. The molecule has 1 heteroatoms. The van der Waals surface area contributed by atoms with Crippen molar-refractivity contribution in [3.8, 4) is 0 Å². The van der Waals surface area contributed by atoms with Gasteiger partial charge in [-0.05, 0) is 6.42 Å². The van der Waals surface area contributed by atoms with Gasteiger partial charge in [-0.2, -0.15) is 0 Å².